The second-order valence-corrected chi connectivity index (χ2v) is 7.18. The van der Waals surface area contributed by atoms with Crippen LogP contribution in [0.25, 0.3) is 0 Å². The van der Waals surface area contributed by atoms with Crippen molar-refractivity contribution in [1.29, 1.82) is 0 Å². The van der Waals surface area contributed by atoms with Crippen molar-refractivity contribution in [2.45, 2.75) is 0 Å². The van der Waals surface area contributed by atoms with Crippen LogP contribution in [0.1, 0.15) is 0 Å². The van der Waals surface area contributed by atoms with Crippen molar-refractivity contribution in [2.24, 2.45) is 0 Å². The summed E-state index contributed by atoms with van der Waals surface area (Å²) in [5, 5.41) is 0. The van der Waals surface area contributed by atoms with Crippen molar-refractivity contribution in [2.75, 3.05) is 13.3 Å². The molecule has 0 saturated carbocycles. The Morgan fingerprint density at radius 3 is 1.92 bits per heavy atom. The minimum atomic E-state index is -3.81. The molecule has 0 spiro atoms. The van der Waals surface area contributed by atoms with Gasteiger partial charge in [0.2, 0.25) is 0 Å². The van der Waals surface area contributed by atoms with Crippen molar-refractivity contribution in [3.8, 4) is 11.5 Å². The first-order chi connectivity index (χ1) is 5.44. The molecular weight excluding hydrogens is 178 g/mol. The van der Waals surface area contributed by atoms with Crippen molar-refractivity contribution < 1.29 is 13.2 Å². The fraction of sp³-hybridized carbons (Fsp3) is 0.250. The van der Waals surface area contributed by atoms with Gasteiger partial charge in [0.25, 0.3) is 0 Å². The second-order valence-electron chi connectivity index (χ2n) is 3.36. The van der Waals surface area contributed by atoms with E-state index in [2.05, 4.69) is 0 Å². The van der Waals surface area contributed by atoms with Crippen molar-refractivity contribution >= 4 is 7.37 Å². The van der Waals surface area contributed by atoms with Crippen LogP contribution in [0.2, 0.25) is 0 Å². The van der Waals surface area contributed by atoms with E-state index in [1.54, 1.807) is 24.3 Å². The van der Waals surface area contributed by atoms with Crippen LogP contribution in [-0.2, 0) is 0 Å². The summed E-state index contributed by atoms with van der Waals surface area (Å²) in [7, 11) is -3.81. The summed E-state index contributed by atoms with van der Waals surface area (Å²) in [6, 6.07) is 6.99. The van der Waals surface area contributed by atoms with E-state index in [9.17, 15) is 4.20 Å². The van der Waals surface area contributed by atoms with Crippen molar-refractivity contribution in [3.05, 3.63) is 24.3 Å². The van der Waals surface area contributed by atoms with E-state index in [1.165, 1.54) is 13.3 Å². The molecule has 0 fully saturated rings. The minimum absolute atomic E-state index is 0.502. The van der Waals surface area contributed by atoms with Crippen molar-refractivity contribution in [1.82, 2.24) is 0 Å². The normalized spacial score (nSPS) is 25.8. The molecule has 1 aliphatic heterocycles. The summed E-state index contributed by atoms with van der Waals surface area (Å²) >= 11 is 0. The Kier molecular flexibility index (Phi) is 1.24. The van der Waals surface area contributed by atoms with E-state index in [4.69, 9.17) is 9.05 Å². The molecule has 1 aromatic rings. The topological polar surface area (TPSA) is 18.5 Å². The van der Waals surface area contributed by atoms with Crippen LogP contribution in [0.4, 0.5) is 4.20 Å². The van der Waals surface area contributed by atoms with Gasteiger partial charge >= 0.3 is 69.7 Å². The maximum absolute atomic E-state index is 13.8. The van der Waals surface area contributed by atoms with Gasteiger partial charge in [0, 0.05) is 0 Å². The van der Waals surface area contributed by atoms with Crippen LogP contribution in [0, 0.1) is 0 Å². The van der Waals surface area contributed by atoms with Crippen LogP contribution < -0.4 is 9.05 Å². The third kappa shape index (κ3) is 1.25. The van der Waals surface area contributed by atoms with Crippen LogP contribution in [-0.4, -0.2) is 13.3 Å². The summed E-state index contributed by atoms with van der Waals surface area (Å²) in [6.07, 6.45) is 0. The van der Waals surface area contributed by atoms with Crippen molar-refractivity contribution in [3.63, 3.8) is 0 Å². The first-order valence-corrected chi connectivity index (χ1v) is 6.52. The fourth-order valence-corrected chi connectivity index (χ4v) is 2.60. The molecule has 1 aliphatic rings. The standard InChI is InChI=1S/C8H10FO2P/c1-12(2,9)10-7-5-3-4-6-8(7)11-12/h3-6H,1-2H3. The Bertz CT molecular complexity index is 300. The quantitative estimate of drug-likeness (QED) is 0.582. The Balaban J connectivity index is 2.47. The molecule has 0 radical (unpaired) electrons. The molecule has 0 unspecified atom stereocenters. The zero-order chi connectivity index (χ0) is 8.84. The van der Waals surface area contributed by atoms with Crippen LogP contribution in [0.3, 0.4) is 0 Å². The molecule has 1 aromatic carbocycles. The van der Waals surface area contributed by atoms with Gasteiger partial charge in [0.05, 0.1) is 0 Å². The third-order valence-electron chi connectivity index (χ3n) is 1.55. The van der Waals surface area contributed by atoms with Gasteiger partial charge in [-0.3, -0.25) is 0 Å². The molecule has 0 N–H and O–H groups in total. The molecule has 4 heteroatoms. The van der Waals surface area contributed by atoms with Crippen LogP contribution >= 0.6 is 7.37 Å². The average Bonchev–Trinajstić information content (AvgIpc) is 2.16. The molecule has 0 bridgehead atoms. The zero-order valence-corrected chi connectivity index (χ0v) is 7.85. The maximum atomic E-state index is 13.8. The van der Waals surface area contributed by atoms with Gasteiger partial charge in [-0.25, -0.2) is 0 Å². The molecule has 0 atom stereocenters. The number of halogens is 1. The summed E-state index contributed by atoms with van der Waals surface area (Å²) in [4.78, 5) is 0. The molecule has 2 rings (SSSR count). The van der Waals surface area contributed by atoms with Gasteiger partial charge in [-0.1, -0.05) is 0 Å². The Labute approximate surface area is 70.5 Å². The van der Waals surface area contributed by atoms with E-state index in [1.807, 2.05) is 0 Å². The first kappa shape index (κ1) is 7.81. The molecule has 0 amide bonds. The summed E-state index contributed by atoms with van der Waals surface area (Å²) in [6.45, 7) is 2.76. The van der Waals surface area contributed by atoms with E-state index < -0.39 is 7.37 Å². The van der Waals surface area contributed by atoms with Crippen LogP contribution in [0.5, 0.6) is 11.5 Å². The average molecular weight is 188 g/mol. The predicted molar refractivity (Wildman–Crippen MR) is 47.6 cm³/mol. The van der Waals surface area contributed by atoms with E-state index in [0.717, 1.165) is 0 Å². The van der Waals surface area contributed by atoms with E-state index in [-0.39, 0.29) is 0 Å². The molecule has 0 aliphatic carbocycles. The zero-order valence-electron chi connectivity index (χ0n) is 6.95. The molecule has 0 aromatic heterocycles. The number of hydrogen-bond donors (Lipinski definition) is 0. The first-order valence-electron chi connectivity index (χ1n) is 3.66. The van der Waals surface area contributed by atoms with Gasteiger partial charge in [-0.15, -0.1) is 0 Å². The Morgan fingerprint density at radius 2 is 1.50 bits per heavy atom. The van der Waals surface area contributed by atoms with Gasteiger partial charge in [0.15, 0.2) is 0 Å². The molecular formula is C8H10FO2P. The molecule has 0 saturated heterocycles. The molecule has 1 heterocycles. The van der Waals surface area contributed by atoms with Gasteiger partial charge < -0.3 is 0 Å². The predicted octanol–water partition coefficient (Wildman–Crippen LogP) is 2.99. The number of rotatable bonds is 0. The SMILES string of the molecule is CP1(C)(F)Oc2ccccc2O1. The van der Waals surface area contributed by atoms with Crippen LogP contribution in [0.15, 0.2) is 24.3 Å². The molecule has 12 heavy (non-hydrogen) atoms. The Morgan fingerprint density at radius 1 is 1.08 bits per heavy atom. The van der Waals surface area contributed by atoms with E-state index >= 15 is 0 Å². The van der Waals surface area contributed by atoms with Gasteiger partial charge in [0.1, 0.15) is 0 Å². The number of fused-ring (bicyclic) bond motifs is 1. The molecule has 66 valence electrons. The number of hydrogen-bond acceptors (Lipinski definition) is 2. The summed E-state index contributed by atoms with van der Waals surface area (Å²) in [5.74, 6) is 1.00. The fourth-order valence-electron chi connectivity index (χ4n) is 1.17. The number of benzene rings is 1. The third-order valence-corrected chi connectivity index (χ3v) is 2.97. The van der Waals surface area contributed by atoms with Gasteiger partial charge in [-0.2, -0.15) is 0 Å². The monoisotopic (exact) mass is 188 g/mol. The summed E-state index contributed by atoms with van der Waals surface area (Å²) in [5.41, 5.74) is 0. The second kappa shape index (κ2) is 1.91. The van der Waals surface area contributed by atoms with Gasteiger partial charge in [-0.05, 0) is 0 Å². The Hall–Kier alpha value is -0.820. The number of para-hydroxylation sites is 2. The molecule has 2 nitrogen and oxygen atoms in total. The summed E-state index contributed by atoms with van der Waals surface area (Å²) < 4.78 is 24.0. The van der Waals surface area contributed by atoms with E-state index in [0.29, 0.717) is 11.5 Å².